The number of hydrogen-bond donors (Lipinski definition) is 1. The highest BCUT2D eigenvalue weighted by molar-refractivity contribution is 6.19. The lowest BCUT2D eigenvalue weighted by molar-refractivity contribution is -0.145. The summed E-state index contributed by atoms with van der Waals surface area (Å²) in [6.07, 6.45) is 2.63. The average molecular weight is 338 g/mol. The lowest BCUT2D eigenvalue weighted by atomic mass is 9.89. The van der Waals surface area contributed by atoms with Crippen molar-refractivity contribution in [1.29, 1.82) is 0 Å². The minimum absolute atomic E-state index is 0.116. The minimum Gasteiger partial charge on any atom is -0.351 e. The van der Waals surface area contributed by atoms with Crippen molar-refractivity contribution >= 4 is 23.3 Å². The Hall–Kier alpha value is -2.69. The van der Waals surface area contributed by atoms with Gasteiger partial charge < -0.3 is 5.32 Å². The lowest BCUT2D eigenvalue weighted by Gasteiger charge is -2.29. The first-order valence-electron chi connectivity index (χ1n) is 8.52. The van der Waals surface area contributed by atoms with Crippen LogP contribution in [-0.2, 0) is 14.4 Å². The van der Waals surface area contributed by atoms with Gasteiger partial charge in [-0.1, -0.05) is 38.1 Å². The zero-order valence-electron chi connectivity index (χ0n) is 14.5. The lowest BCUT2D eigenvalue weighted by Crippen LogP contribution is -2.47. The van der Waals surface area contributed by atoms with Crippen molar-refractivity contribution in [3.8, 4) is 0 Å². The van der Waals surface area contributed by atoms with E-state index >= 15 is 0 Å². The number of carbonyl (C=O) groups excluding carboxylic acids is 3. The Labute approximate surface area is 147 Å². The number of hydrogen-bond acceptors (Lipinski definition) is 4. The molecule has 5 nitrogen and oxygen atoms in total. The topological polar surface area (TPSA) is 66.5 Å². The summed E-state index contributed by atoms with van der Waals surface area (Å²) in [5.41, 5.74) is 2.96. The van der Waals surface area contributed by atoms with Crippen LogP contribution in [0, 0.1) is 0 Å². The molecular formula is C20H22N2O3. The van der Waals surface area contributed by atoms with Crippen molar-refractivity contribution < 1.29 is 14.4 Å². The molecule has 0 saturated heterocycles. The number of carbonyl (C=O) groups is 3. The summed E-state index contributed by atoms with van der Waals surface area (Å²) in [5, 5.41) is 3.03. The molecule has 1 fully saturated rings. The number of anilines is 1. The molecule has 1 heterocycles. The molecule has 3 rings (SSSR count). The van der Waals surface area contributed by atoms with E-state index in [1.54, 1.807) is 0 Å². The molecule has 1 saturated carbocycles. The number of benzene rings is 1. The van der Waals surface area contributed by atoms with Crippen LogP contribution in [0.25, 0.3) is 0 Å². The van der Waals surface area contributed by atoms with Crippen molar-refractivity contribution in [3.05, 3.63) is 53.8 Å². The van der Waals surface area contributed by atoms with Crippen LogP contribution in [0.5, 0.6) is 0 Å². The Morgan fingerprint density at radius 1 is 1.24 bits per heavy atom. The normalized spacial score (nSPS) is 21.2. The predicted octanol–water partition coefficient (Wildman–Crippen LogP) is 3.15. The largest absolute Gasteiger partial charge is 0.351 e. The zero-order chi connectivity index (χ0) is 18.1. The highest BCUT2D eigenvalue weighted by atomic mass is 16.2. The maximum Gasteiger partial charge on any atom is 0.278 e. The SMILES string of the molecule is C=C1CCC(N2C(=O)C=C(Nc3cccc(C(C)C)c3)C2=O)C(=O)C1. The van der Waals surface area contributed by atoms with Gasteiger partial charge in [0.1, 0.15) is 5.70 Å². The summed E-state index contributed by atoms with van der Waals surface area (Å²) >= 11 is 0. The van der Waals surface area contributed by atoms with Crippen LogP contribution in [0.1, 0.15) is 44.6 Å². The van der Waals surface area contributed by atoms with E-state index in [1.165, 1.54) is 6.08 Å². The Balaban J connectivity index is 1.77. The maximum absolute atomic E-state index is 12.7. The second kappa shape index (κ2) is 6.67. The van der Waals surface area contributed by atoms with Gasteiger partial charge in [-0.15, -0.1) is 0 Å². The number of rotatable bonds is 4. The fourth-order valence-electron chi connectivity index (χ4n) is 3.23. The summed E-state index contributed by atoms with van der Waals surface area (Å²) in [4.78, 5) is 38.3. The second-order valence-electron chi connectivity index (χ2n) is 6.92. The number of imide groups is 1. The standard InChI is InChI=1S/C20H22N2O3/c1-12(2)14-5-4-6-15(10-14)21-16-11-19(24)22(20(16)25)17-8-7-13(3)9-18(17)23/h4-6,10-12,17,21H,3,7-9H2,1-2H3. The van der Waals surface area contributed by atoms with Gasteiger partial charge in [0.05, 0.1) is 6.04 Å². The maximum atomic E-state index is 12.7. The molecule has 1 aliphatic heterocycles. The van der Waals surface area contributed by atoms with Gasteiger partial charge in [0.15, 0.2) is 5.78 Å². The predicted molar refractivity (Wildman–Crippen MR) is 95.9 cm³/mol. The molecule has 1 unspecified atom stereocenters. The van der Waals surface area contributed by atoms with Gasteiger partial charge in [0.2, 0.25) is 0 Å². The van der Waals surface area contributed by atoms with Crippen LogP contribution >= 0.6 is 0 Å². The van der Waals surface area contributed by atoms with Crippen LogP contribution in [-0.4, -0.2) is 28.5 Å². The van der Waals surface area contributed by atoms with Crippen LogP contribution < -0.4 is 5.32 Å². The van der Waals surface area contributed by atoms with E-state index in [2.05, 4.69) is 25.7 Å². The molecule has 130 valence electrons. The third-order valence-electron chi connectivity index (χ3n) is 4.67. The Kier molecular flexibility index (Phi) is 4.57. The van der Waals surface area contributed by atoms with Gasteiger partial charge in [-0.2, -0.15) is 0 Å². The molecule has 2 aliphatic rings. The summed E-state index contributed by atoms with van der Waals surface area (Å²) < 4.78 is 0. The number of ketones is 1. The molecule has 0 bridgehead atoms. The monoisotopic (exact) mass is 338 g/mol. The number of allylic oxidation sites excluding steroid dienone is 1. The molecule has 1 aliphatic carbocycles. The summed E-state index contributed by atoms with van der Waals surface area (Å²) in [6, 6.07) is 7.06. The van der Waals surface area contributed by atoms with Crippen LogP contribution in [0.3, 0.4) is 0 Å². The number of nitrogens with one attached hydrogen (secondary N) is 1. The highest BCUT2D eigenvalue weighted by Gasteiger charge is 2.41. The van der Waals surface area contributed by atoms with Crippen LogP contribution in [0.4, 0.5) is 5.69 Å². The first-order valence-corrected chi connectivity index (χ1v) is 8.52. The Morgan fingerprint density at radius 2 is 2.00 bits per heavy atom. The molecule has 5 heteroatoms. The van der Waals surface area contributed by atoms with Crippen LogP contribution in [0.2, 0.25) is 0 Å². The second-order valence-corrected chi connectivity index (χ2v) is 6.92. The van der Waals surface area contributed by atoms with Gasteiger partial charge in [0.25, 0.3) is 11.8 Å². The smallest absolute Gasteiger partial charge is 0.278 e. The van der Waals surface area contributed by atoms with Crippen molar-refractivity contribution in [1.82, 2.24) is 4.90 Å². The van der Waals surface area contributed by atoms with Gasteiger partial charge in [-0.25, -0.2) is 0 Å². The molecule has 1 N–H and O–H groups in total. The molecule has 1 aromatic rings. The molecule has 2 amide bonds. The summed E-state index contributed by atoms with van der Waals surface area (Å²) in [7, 11) is 0. The van der Waals surface area contributed by atoms with Gasteiger partial charge in [0, 0.05) is 18.2 Å². The fraction of sp³-hybridized carbons (Fsp3) is 0.350. The first-order chi connectivity index (χ1) is 11.9. The number of Topliss-reactive ketones (excluding diaryl/α,β-unsaturated/α-hetero) is 1. The molecular weight excluding hydrogens is 316 g/mol. The average Bonchev–Trinajstić information content (AvgIpc) is 2.82. The molecule has 1 aromatic carbocycles. The van der Waals surface area contributed by atoms with Crippen molar-refractivity contribution in [2.24, 2.45) is 0 Å². The van der Waals surface area contributed by atoms with Crippen molar-refractivity contribution in [3.63, 3.8) is 0 Å². The molecule has 1 atom stereocenters. The quantitative estimate of drug-likeness (QED) is 0.676. The van der Waals surface area contributed by atoms with Gasteiger partial charge >= 0.3 is 0 Å². The van der Waals surface area contributed by atoms with Crippen molar-refractivity contribution in [2.75, 3.05) is 5.32 Å². The zero-order valence-corrected chi connectivity index (χ0v) is 14.5. The van der Waals surface area contributed by atoms with E-state index < -0.39 is 17.9 Å². The Bertz CT molecular complexity index is 792. The van der Waals surface area contributed by atoms with E-state index in [9.17, 15) is 14.4 Å². The third-order valence-corrected chi connectivity index (χ3v) is 4.67. The molecule has 0 aromatic heterocycles. The van der Waals surface area contributed by atoms with E-state index in [0.717, 1.165) is 21.7 Å². The fourth-order valence-corrected chi connectivity index (χ4v) is 3.23. The van der Waals surface area contributed by atoms with E-state index in [0.29, 0.717) is 18.8 Å². The molecule has 25 heavy (non-hydrogen) atoms. The molecule has 0 radical (unpaired) electrons. The van der Waals surface area contributed by atoms with Crippen molar-refractivity contribution in [2.45, 2.75) is 45.1 Å². The van der Waals surface area contributed by atoms with Gasteiger partial charge in [-0.05, 0) is 36.5 Å². The van der Waals surface area contributed by atoms with E-state index in [-0.39, 0.29) is 17.9 Å². The highest BCUT2D eigenvalue weighted by Crippen LogP contribution is 2.28. The van der Waals surface area contributed by atoms with Gasteiger partial charge in [-0.3, -0.25) is 19.3 Å². The van der Waals surface area contributed by atoms with Crippen LogP contribution in [0.15, 0.2) is 48.2 Å². The van der Waals surface area contributed by atoms with E-state index in [1.807, 2.05) is 24.3 Å². The minimum atomic E-state index is -0.678. The first kappa shape index (κ1) is 17.1. The summed E-state index contributed by atoms with van der Waals surface area (Å²) in [6.45, 7) is 8.00. The molecule has 0 spiro atoms. The number of nitrogens with zero attached hydrogens (tertiary/aromatic N) is 1. The summed E-state index contributed by atoms with van der Waals surface area (Å²) in [5.74, 6) is -0.625. The third kappa shape index (κ3) is 3.40. The Morgan fingerprint density at radius 3 is 2.68 bits per heavy atom. The van der Waals surface area contributed by atoms with E-state index in [4.69, 9.17) is 0 Å². The number of amides is 2.